The van der Waals surface area contributed by atoms with Gasteiger partial charge in [0.1, 0.15) is 6.61 Å². The van der Waals surface area contributed by atoms with Crippen LogP contribution in [0.4, 0.5) is 13.6 Å². The fourth-order valence-electron chi connectivity index (χ4n) is 4.31. The summed E-state index contributed by atoms with van der Waals surface area (Å²) in [6, 6.07) is 14.9. The number of alkyl carbamates (subject to hydrolysis) is 1. The molecule has 1 fully saturated rings. The van der Waals surface area contributed by atoms with E-state index in [-0.39, 0.29) is 12.5 Å². The Labute approximate surface area is 166 Å². The summed E-state index contributed by atoms with van der Waals surface area (Å²) in [7, 11) is 0. The second-order valence-corrected chi connectivity index (χ2v) is 7.70. The Balaban J connectivity index is 1.42. The first-order valence-corrected chi connectivity index (χ1v) is 9.55. The van der Waals surface area contributed by atoms with Crippen molar-refractivity contribution in [2.75, 3.05) is 6.61 Å². The van der Waals surface area contributed by atoms with Crippen LogP contribution in [0, 0.1) is 5.92 Å². The zero-order chi connectivity index (χ0) is 20.6. The number of aliphatic carboxylic acids is 1. The Kier molecular flexibility index (Phi) is 4.98. The van der Waals surface area contributed by atoms with Gasteiger partial charge in [0, 0.05) is 24.8 Å². The van der Waals surface area contributed by atoms with E-state index in [4.69, 9.17) is 9.84 Å². The lowest BCUT2D eigenvalue weighted by Crippen LogP contribution is -2.50. The molecule has 2 aromatic carbocycles. The molecule has 0 heterocycles. The minimum Gasteiger partial charge on any atom is -0.481 e. The molecule has 0 saturated heterocycles. The topological polar surface area (TPSA) is 75.6 Å². The van der Waals surface area contributed by atoms with Crippen molar-refractivity contribution in [1.29, 1.82) is 0 Å². The number of carboxylic acids is 1. The highest BCUT2D eigenvalue weighted by Gasteiger charge is 2.49. The third-order valence-corrected chi connectivity index (χ3v) is 5.73. The molecule has 0 unspecified atom stereocenters. The third-order valence-electron chi connectivity index (χ3n) is 5.73. The number of hydrogen-bond acceptors (Lipinski definition) is 3. The molecular formula is C22H21F2NO4. The smallest absolute Gasteiger partial charge is 0.407 e. The molecule has 1 saturated carbocycles. The fourth-order valence-corrected chi connectivity index (χ4v) is 4.31. The van der Waals surface area contributed by atoms with Crippen LogP contribution in [0.1, 0.15) is 36.3 Å². The van der Waals surface area contributed by atoms with Crippen LogP contribution in [-0.4, -0.2) is 35.7 Å². The molecule has 0 aromatic heterocycles. The summed E-state index contributed by atoms with van der Waals surface area (Å²) in [6.45, 7) is 0.0838. The lowest BCUT2D eigenvalue weighted by molar-refractivity contribution is -0.143. The maximum atomic E-state index is 13.2. The lowest BCUT2D eigenvalue weighted by Gasteiger charge is -2.39. The van der Waals surface area contributed by atoms with E-state index in [1.54, 1.807) is 0 Å². The van der Waals surface area contributed by atoms with Gasteiger partial charge >= 0.3 is 12.1 Å². The van der Waals surface area contributed by atoms with Gasteiger partial charge in [-0.1, -0.05) is 48.5 Å². The molecule has 0 spiro atoms. The van der Waals surface area contributed by atoms with Crippen LogP contribution in [0.15, 0.2) is 48.5 Å². The van der Waals surface area contributed by atoms with Crippen molar-refractivity contribution >= 4 is 12.1 Å². The van der Waals surface area contributed by atoms with Crippen molar-refractivity contribution in [3.63, 3.8) is 0 Å². The van der Waals surface area contributed by atoms with Crippen molar-refractivity contribution in [3.05, 3.63) is 59.7 Å². The zero-order valence-electron chi connectivity index (χ0n) is 15.6. The van der Waals surface area contributed by atoms with E-state index in [2.05, 4.69) is 5.32 Å². The second kappa shape index (κ2) is 7.46. The number of alkyl halides is 2. The number of carboxylic acid groups (broad SMARTS) is 1. The molecule has 7 heteroatoms. The Morgan fingerprint density at radius 2 is 1.62 bits per heavy atom. The number of carbonyl (C=O) groups is 2. The first kappa shape index (κ1) is 19.4. The van der Waals surface area contributed by atoms with Crippen LogP contribution in [-0.2, 0) is 9.53 Å². The van der Waals surface area contributed by atoms with Crippen LogP contribution in [0.2, 0.25) is 0 Å². The van der Waals surface area contributed by atoms with Gasteiger partial charge < -0.3 is 15.2 Å². The fraction of sp³-hybridized carbons (Fsp3) is 0.364. The quantitative estimate of drug-likeness (QED) is 0.752. The number of amides is 1. The van der Waals surface area contributed by atoms with Crippen molar-refractivity contribution in [2.45, 2.75) is 37.1 Å². The van der Waals surface area contributed by atoms with Gasteiger partial charge in [-0.15, -0.1) is 0 Å². The minimum atomic E-state index is -2.79. The van der Waals surface area contributed by atoms with Crippen LogP contribution < -0.4 is 5.32 Å². The van der Waals surface area contributed by atoms with Gasteiger partial charge in [-0.2, -0.15) is 0 Å². The number of rotatable bonds is 6. The maximum Gasteiger partial charge on any atom is 0.407 e. The van der Waals surface area contributed by atoms with E-state index in [0.29, 0.717) is 0 Å². The van der Waals surface area contributed by atoms with Crippen molar-refractivity contribution in [1.82, 2.24) is 5.32 Å². The molecule has 4 rings (SSSR count). The molecule has 2 aliphatic carbocycles. The van der Waals surface area contributed by atoms with Gasteiger partial charge in [-0.05, 0) is 28.2 Å². The number of carbonyl (C=O) groups excluding carboxylic acids is 1. The number of benzene rings is 2. The normalized spacial score (nSPS) is 18.3. The zero-order valence-corrected chi connectivity index (χ0v) is 15.6. The third kappa shape index (κ3) is 3.95. The molecule has 0 aliphatic heterocycles. The second-order valence-electron chi connectivity index (χ2n) is 7.70. The number of halogens is 2. The Morgan fingerprint density at radius 1 is 1.07 bits per heavy atom. The van der Waals surface area contributed by atoms with Crippen LogP contribution in [0.3, 0.4) is 0 Å². The van der Waals surface area contributed by atoms with Gasteiger partial charge in [-0.3, -0.25) is 4.79 Å². The standard InChI is InChI=1S/C22H21F2NO4/c23-22(24)10-13(11-22)19(9-20(26)27)25-21(28)29-12-18-16-7-3-1-5-14(16)15-6-2-4-8-17(15)18/h1-8,13,18-19H,9-12H2,(H,25,28)(H,26,27)/t19-/m0/s1. The predicted octanol–water partition coefficient (Wildman–Crippen LogP) is 4.41. The highest BCUT2D eigenvalue weighted by Crippen LogP contribution is 2.45. The van der Waals surface area contributed by atoms with Crippen molar-refractivity contribution in [2.24, 2.45) is 5.92 Å². The summed E-state index contributed by atoms with van der Waals surface area (Å²) in [5, 5.41) is 11.5. The first-order valence-electron chi connectivity index (χ1n) is 9.55. The van der Waals surface area contributed by atoms with E-state index < -0.39 is 49.2 Å². The molecule has 1 amide bonds. The lowest BCUT2D eigenvalue weighted by atomic mass is 9.75. The van der Waals surface area contributed by atoms with Gasteiger partial charge in [-0.25, -0.2) is 13.6 Å². The Bertz CT molecular complexity index is 892. The molecule has 0 radical (unpaired) electrons. The van der Waals surface area contributed by atoms with Gasteiger partial charge in [0.2, 0.25) is 5.92 Å². The van der Waals surface area contributed by atoms with E-state index >= 15 is 0 Å². The summed E-state index contributed by atoms with van der Waals surface area (Å²) >= 11 is 0. The van der Waals surface area contributed by atoms with Gasteiger partial charge in [0.25, 0.3) is 0 Å². The van der Waals surface area contributed by atoms with Crippen LogP contribution in [0.25, 0.3) is 11.1 Å². The SMILES string of the molecule is O=C(O)C[C@H](NC(=O)OCC1c2ccccc2-c2ccccc21)C1CC(F)(F)C1. The van der Waals surface area contributed by atoms with E-state index in [1.807, 2.05) is 48.5 Å². The molecule has 0 bridgehead atoms. The summed E-state index contributed by atoms with van der Waals surface area (Å²) in [5.41, 5.74) is 4.31. The summed E-state index contributed by atoms with van der Waals surface area (Å²) in [6.07, 6.45) is -2.04. The van der Waals surface area contributed by atoms with Crippen LogP contribution >= 0.6 is 0 Å². The number of ether oxygens (including phenoxy) is 1. The minimum absolute atomic E-state index is 0.0838. The number of fused-ring (bicyclic) bond motifs is 3. The molecular weight excluding hydrogens is 380 g/mol. The molecule has 5 nitrogen and oxygen atoms in total. The van der Waals surface area contributed by atoms with Gasteiger partial charge in [0.15, 0.2) is 0 Å². The van der Waals surface area contributed by atoms with Crippen molar-refractivity contribution in [3.8, 4) is 11.1 Å². The summed E-state index contributed by atoms with van der Waals surface area (Å²) < 4.78 is 31.7. The molecule has 152 valence electrons. The van der Waals surface area contributed by atoms with Crippen molar-refractivity contribution < 1.29 is 28.2 Å². The molecule has 2 aliphatic rings. The highest BCUT2D eigenvalue weighted by atomic mass is 19.3. The first-order chi connectivity index (χ1) is 13.8. The largest absolute Gasteiger partial charge is 0.481 e. The molecule has 2 N–H and O–H groups in total. The average molecular weight is 401 g/mol. The maximum absolute atomic E-state index is 13.2. The summed E-state index contributed by atoms with van der Waals surface area (Å²) in [4.78, 5) is 23.4. The number of hydrogen-bond donors (Lipinski definition) is 2. The predicted molar refractivity (Wildman–Crippen MR) is 102 cm³/mol. The van der Waals surface area contributed by atoms with E-state index in [9.17, 15) is 18.4 Å². The Morgan fingerprint density at radius 3 is 2.14 bits per heavy atom. The molecule has 1 atom stereocenters. The number of nitrogens with one attached hydrogen (secondary N) is 1. The highest BCUT2D eigenvalue weighted by molar-refractivity contribution is 5.79. The molecule has 29 heavy (non-hydrogen) atoms. The monoisotopic (exact) mass is 401 g/mol. The summed E-state index contributed by atoms with van der Waals surface area (Å²) in [5.74, 6) is -4.63. The average Bonchev–Trinajstić information content (AvgIpc) is 2.97. The van der Waals surface area contributed by atoms with E-state index in [1.165, 1.54) is 0 Å². The molecule has 2 aromatic rings. The van der Waals surface area contributed by atoms with E-state index in [0.717, 1.165) is 22.3 Å². The van der Waals surface area contributed by atoms with Gasteiger partial charge in [0.05, 0.1) is 6.42 Å². The van der Waals surface area contributed by atoms with Crippen LogP contribution in [0.5, 0.6) is 0 Å². The Hall–Kier alpha value is -2.96.